The molecule has 3 aromatic carbocycles. The molecule has 0 aliphatic carbocycles. The number of carbonyl (C=O) groups excluding carboxylic acids is 1. The van der Waals surface area contributed by atoms with Crippen molar-refractivity contribution < 1.29 is 18.4 Å². The lowest BCUT2D eigenvalue weighted by molar-refractivity contribution is 0.0983. The van der Waals surface area contributed by atoms with E-state index in [0.29, 0.717) is 5.56 Å². The third-order valence-electron chi connectivity index (χ3n) is 3.76. The SMILES string of the molecule is O=C(c1ccccc1)P(=O)(OCc1ccccc1)OCc1ccccc1. The summed E-state index contributed by atoms with van der Waals surface area (Å²) in [6.07, 6.45) is 0. The summed E-state index contributed by atoms with van der Waals surface area (Å²) >= 11 is 0. The topological polar surface area (TPSA) is 52.6 Å². The Morgan fingerprint density at radius 2 is 1.04 bits per heavy atom. The molecular weight excluding hydrogens is 347 g/mol. The first-order valence-corrected chi connectivity index (χ1v) is 9.78. The standard InChI is InChI=1S/C21H19O4P/c22-21(20-14-8-3-9-15-20)26(23,24-16-18-10-4-1-5-11-18)25-17-19-12-6-2-7-13-19/h1-15H,16-17H2. The quantitative estimate of drug-likeness (QED) is 0.497. The van der Waals surface area contributed by atoms with Gasteiger partial charge in [0.15, 0.2) is 0 Å². The van der Waals surface area contributed by atoms with E-state index >= 15 is 0 Å². The molecule has 132 valence electrons. The Morgan fingerprint density at radius 1 is 0.654 bits per heavy atom. The Morgan fingerprint density at radius 3 is 1.46 bits per heavy atom. The highest BCUT2D eigenvalue weighted by atomic mass is 31.2. The van der Waals surface area contributed by atoms with Gasteiger partial charge in [-0.15, -0.1) is 0 Å². The Balaban J connectivity index is 1.80. The molecule has 4 nitrogen and oxygen atoms in total. The molecule has 0 spiro atoms. The molecule has 0 heterocycles. The lowest BCUT2D eigenvalue weighted by Crippen LogP contribution is -2.08. The van der Waals surface area contributed by atoms with E-state index in [4.69, 9.17) is 9.05 Å². The van der Waals surface area contributed by atoms with Gasteiger partial charge in [0.05, 0.1) is 13.2 Å². The molecule has 5 heteroatoms. The Hall–Kier alpha value is -2.52. The van der Waals surface area contributed by atoms with Gasteiger partial charge in [-0.25, -0.2) is 0 Å². The van der Waals surface area contributed by atoms with Crippen LogP contribution >= 0.6 is 7.60 Å². The van der Waals surface area contributed by atoms with E-state index in [1.165, 1.54) is 0 Å². The van der Waals surface area contributed by atoms with Crippen molar-refractivity contribution in [2.24, 2.45) is 0 Å². The molecule has 3 rings (SSSR count). The smallest absolute Gasteiger partial charge is 0.298 e. The number of carbonyl (C=O) groups is 1. The summed E-state index contributed by atoms with van der Waals surface area (Å²) in [7, 11) is -4.00. The van der Waals surface area contributed by atoms with Gasteiger partial charge >= 0.3 is 7.60 Å². The molecule has 0 unspecified atom stereocenters. The van der Waals surface area contributed by atoms with Crippen LogP contribution in [0.15, 0.2) is 91.0 Å². The van der Waals surface area contributed by atoms with Gasteiger partial charge in [0.1, 0.15) is 0 Å². The average Bonchev–Trinajstić information content (AvgIpc) is 2.72. The molecule has 0 aliphatic heterocycles. The summed E-state index contributed by atoms with van der Waals surface area (Å²) in [6.45, 7) is 0.0664. The fourth-order valence-corrected chi connectivity index (χ4v) is 3.77. The molecule has 0 amide bonds. The Bertz CT molecular complexity index is 832. The highest BCUT2D eigenvalue weighted by Crippen LogP contribution is 2.52. The zero-order valence-electron chi connectivity index (χ0n) is 14.2. The second-order valence-corrected chi connectivity index (χ2v) is 7.60. The monoisotopic (exact) mass is 366 g/mol. The van der Waals surface area contributed by atoms with Crippen molar-refractivity contribution in [2.45, 2.75) is 13.2 Å². The van der Waals surface area contributed by atoms with E-state index in [0.717, 1.165) is 11.1 Å². The predicted molar refractivity (Wildman–Crippen MR) is 101 cm³/mol. The van der Waals surface area contributed by atoms with Gasteiger partial charge in [-0.2, -0.15) is 0 Å². The van der Waals surface area contributed by atoms with Gasteiger partial charge in [0.25, 0.3) is 5.52 Å². The van der Waals surface area contributed by atoms with Crippen molar-refractivity contribution >= 4 is 13.1 Å². The molecule has 0 bridgehead atoms. The first-order valence-electron chi connectivity index (χ1n) is 8.24. The van der Waals surface area contributed by atoms with Crippen LogP contribution in [0.3, 0.4) is 0 Å². The van der Waals surface area contributed by atoms with Crippen LogP contribution in [-0.4, -0.2) is 5.52 Å². The third kappa shape index (κ3) is 4.77. The van der Waals surface area contributed by atoms with Gasteiger partial charge in [0.2, 0.25) is 0 Å². The van der Waals surface area contributed by atoms with Crippen molar-refractivity contribution in [2.75, 3.05) is 0 Å². The minimum absolute atomic E-state index is 0.0332. The van der Waals surface area contributed by atoms with E-state index in [1.807, 2.05) is 60.7 Å². The maximum Gasteiger partial charge on any atom is 0.402 e. The molecule has 3 aromatic rings. The van der Waals surface area contributed by atoms with E-state index in [2.05, 4.69) is 0 Å². The minimum atomic E-state index is -4.00. The van der Waals surface area contributed by atoms with E-state index < -0.39 is 13.1 Å². The molecule has 26 heavy (non-hydrogen) atoms. The fourth-order valence-electron chi connectivity index (χ4n) is 2.36. The second kappa shape index (κ2) is 8.72. The van der Waals surface area contributed by atoms with Crippen LogP contribution < -0.4 is 0 Å². The molecule has 0 radical (unpaired) electrons. The van der Waals surface area contributed by atoms with Crippen molar-refractivity contribution in [3.05, 3.63) is 108 Å². The molecule has 0 N–H and O–H groups in total. The fraction of sp³-hybridized carbons (Fsp3) is 0.0952. The Labute approximate surface area is 152 Å². The summed E-state index contributed by atoms with van der Waals surface area (Å²) in [6, 6.07) is 27.0. The zero-order valence-corrected chi connectivity index (χ0v) is 15.0. The van der Waals surface area contributed by atoms with Crippen LogP contribution in [0.1, 0.15) is 21.5 Å². The normalized spacial score (nSPS) is 11.2. The largest absolute Gasteiger partial charge is 0.402 e. The lowest BCUT2D eigenvalue weighted by atomic mass is 10.2. The second-order valence-electron chi connectivity index (χ2n) is 5.69. The summed E-state index contributed by atoms with van der Waals surface area (Å²) in [5, 5.41) is 0. The summed E-state index contributed by atoms with van der Waals surface area (Å²) < 4.78 is 24.3. The molecule has 0 aromatic heterocycles. The van der Waals surface area contributed by atoms with Crippen molar-refractivity contribution in [1.82, 2.24) is 0 Å². The van der Waals surface area contributed by atoms with E-state index in [-0.39, 0.29) is 13.2 Å². The van der Waals surface area contributed by atoms with Crippen LogP contribution in [0, 0.1) is 0 Å². The average molecular weight is 366 g/mol. The minimum Gasteiger partial charge on any atom is -0.298 e. The van der Waals surface area contributed by atoms with Gasteiger partial charge in [-0.1, -0.05) is 91.0 Å². The molecule has 0 fully saturated rings. The Kier molecular flexibility index (Phi) is 6.13. The van der Waals surface area contributed by atoms with Gasteiger partial charge in [-0.3, -0.25) is 18.4 Å². The van der Waals surface area contributed by atoms with Crippen LogP contribution in [0.5, 0.6) is 0 Å². The molecule has 0 saturated heterocycles. The summed E-state index contributed by atoms with van der Waals surface area (Å²) in [5.41, 5.74) is 1.30. The molecule has 0 aliphatic rings. The van der Waals surface area contributed by atoms with Crippen molar-refractivity contribution in [1.29, 1.82) is 0 Å². The highest BCUT2D eigenvalue weighted by molar-refractivity contribution is 7.72. The number of rotatable bonds is 8. The maximum absolute atomic E-state index is 13.3. The van der Waals surface area contributed by atoms with Crippen LogP contribution in [0.25, 0.3) is 0 Å². The van der Waals surface area contributed by atoms with Gasteiger partial charge < -0.3 is 0 Å². The number of hydrogen-bond donors (Lipinski definition) is 0. The molecule has 0 atom stereocenters. The van der Waals surface area contributed by atoms with Gasteiger partial charge in [0, 0.05) is 5.56 Å². The van der Waals surface area contributed by atoms with Crippen LogP contribution in [0.2, 0.25) is 0 Å². The summed E-state index contributed by atoms with van der Waals surface area (Å²) in [4.78, 5) is 12.8. The van der Waals surface area contributed by atoms with E-state index in [1.54, 1.807) is 30.3 Å². The number of benzene rings is 3. The van der Waals surface area contributed by atoms with Gasteiger partial charge in [-0.05, 0) is 11.1 Å². The molecule has 0 saturated carbocycles. The van der Waals surface area contributed by atoms with E-state index in [9.17, 15) is 9.36 Å². The van der Waals surface area contributed by atoms with Crippen molar-refractivity contribution in [3.8, 4) is 0 Å². The third-order valence-corrected chi connectivity index (χ3v) is 5.45. The van der Waals surface area contributed by atoms with Crippen LogP contribution in [-0.2, 0) is 26.8 Å². The van der Waals surface area contributed by atoms with Crippen molar-refractivity contribution in [3.63, 3.8) is 0 Å². The first-order chi connectivity index (χ1) is 12.7. The summed E-state index contributed by atoms with van der Waals surface area (Å²) in [5.74, 6) is 0. The lowest BCUT2D eigenvalue weighted by Gasteiger charge is -2.17. The van der Waals surface area contributed by atoms with Crippen LogP contribution in [0.4, 0.5) is 0 Å². The first kappa shape index (κ1) is 18.3. The molecular formula is C21H19O4P. The number of hydrogen-bond acceptors (Lipinski definition) is 4. The highest BCUT2D eigenvalue weighted by Gasteiger charge is 2.36. The zero-order chi connectivity index (χ0) is 18.2. The predicted octanol–water partition coefficient (Wildman–Crippen LogP) is 5.45. The maximum atomic E-state index is 13.3.